The van der Waals surface area contributed by atoms with Gasteiger partial charge in [0.2, 0.25) is 0 Å². The van der Waals surface area contributed by atoms with Crippen molar-refractivity contribution in [3.8, 4) is 0 Å². The third-order valence-electron chi connectivity index (χ3n) is 3.66. The van der Waals surface area contributed by atoms with Gasteiger partial charge in [-0.3, -0.25) is 4.99 Å². The fourth-order valence-corrected chi connectivity index (χ4v) is 6.19. The Bertz CT molecular complexity index is 775. The lowest BCUT2D eigenvalue weighted by Crippen LogP contribution is -2.20. The number of benzene rings is 1. The quantitative estimate of drug-likeness (QED) is 0.721. The van der Waals surface area contributed by atoms with Crippen LogP contribution in [0, 0.1) is 0 Å². The second-order valence-electron chi connectivity index (χ2n) is 4.77. The lowest BCUT2D eigenvalue weighted by molar-refractivity contribution is 0.649. The standard InChI is InChI=1S/C15H14N2S4/c1-18-11-7-9(8-12-10(11)3-6-20-12)13-14(19-2)21-15-16-4-5-17(13)15/h3,6-8H,4-5H2,1-2H3. The number of fused-ring (bicyclic) bond motifs is 2. The number of rotatable bonds is 3. The van der Waals surface area contributed by atoms with Crippen LogP contribution in [0.15, 0.2) is 37.7 Å². The Labute approximate surface area is 141 Å². The number of nitrogens with zero attached hydrogens (tertiary/aromatic N) is 2. The Morgan fingerprint density at radius 2 is 2.14 bits per heavy atom. The van der Waals surface area contributed by atoms with E-state index in [1.165, 1.54) is 35.6 Å². The Morgan fingerprint density at radius 3 is 2.95 bits per heavy atom. The van der Waals surface area contributed by atoms with Crippen LogP contribution in [0.4, 0.5) is 0 Å². The molecule has 1 aromatic carbocycles. The van der Waals surface area contributed by atoms with Gasteiger partial charge >= 0.3 is 0 Å². The molecule has 3 heterocycles. The SMILES string of the molecule is CSC1=C(c2cc(SC)c3ccsc3c2)N2CCN=C2S1. The molecule has 6 heteroatoms. The first kappa shape index (κ1) is 14.1. The number of hydrogen-bond acceptors (Lipinski definition) is 6. The van der Waals surface area contributed by atoms with Gasteiger partial charge in [-0.25, -0.2) is 0 Å². The lowest BCUT2D eigenvalue weighted by Gasteiger charge is -2.18. The van der Waals surface area contributed by atoms with Crippen molar-refractivity contribution in [2.75, 3.05) is 25.6 Å². The van der Waals surface area contributed by atoms with Gasteiger partial charge in [-0.1, -0.05) is 0 Å². The summed E-state index contributed by atoms with van der Waals surface area (Å²) in [6, 6.07) is 6.91. The minimum absolute atomic E-state index is 0.921. The van der Waals surface area contributed by atoms with Crippen molar-refractivity contribution in [1.82, 2.24) is 4.90 Å². The highest BCUT2D eigenvalue weighted by Gasteiger charge is 2.33. The van der Waals surface area contributed by atoms with E-state index in [2.05, 4.69) is 46.0 Å². The summed E-state index contributed by atoms with van der Waals surface area (Å²) in [6.45, 7) is 1.93. The molecular formula is C15H14N2S4. The normalized spacial score (nSPS) is 17.8. The summed E-state index contributed by atoms with van der Waals surface area (Å²) in [4.78, 5) is 8.37. The lowest BCUT2D eigenvalue weighted by atomic mass is 10.1. The van der Waals surface area contributed by atoms with E-state index in [0.717, 1.165) is 13.1 Å². The monoisotopic (exact) mass is 350 g/mol. The highest BCUT2D eigenvalue weighted by molar-refractivity contribution is 8.30. The Morgan fingerprint density at radius 1 is 1.24 bits per heavy atom. The maximum absolute atomic E-state index is 4.61. The topological polar surface area (TPSA) is 15.6 Å². The summed E-state index contributed by atoms with van der Waals surface area (Å²) < 4.78 is 2.75. The molecule has 108 valence electrons. The van der Waals surface area contributed by atoms with Crippen molar-refractivity contribution in [3.63, 3.8) is 0 Å². The van der Waals surface area contributed by atoms with Gasteiger partial charge in [-0.05, 0) is 47.9 Å². The third kappa shape index (κ3) is 2.23. The number of thiophene rings is 1. The first-order chi connectivity index (χ1) is 10.3. The molecule has 0 aliphatic carbocycles. The average Bonchev–Trinajstić information content (AvgIpc) is 3.19. The number of hydrogen-bond donors (Lipinski definition) is 0. The summed E-state index contributed by atoms with van der Waals surface area (Å²) in [5, 5.41) is 4.74. The van der Waals surface area contributed by atoms with Crippen LogP contribution in [-0.4, -0.2) is 35.7 Å². The molecule has 4 rings (SSSR count). The van der Waals surface area contributed by atoms with E-state index in [9.17, 15) is 0 Å². The Balaban J connectivity index is 1.90. The van der Waals surface area contributed by atoms with Crippen LogP contribution in [0.25, 0.3) is 15.8 Å². The van der Waals surface area contributed by atoms with Crippen molar-refractivity contribution in [2.24, 2.45) is 4.99 Å². The van der Waals surface area contributed by atoms with Crippen LogP contribution >= 0.6 is 46.6 Å². The first-order valence-electron chi connectivity index (χ1n) is 6.65. The summed E-state index contributed by atoms with van der Waals surface area (Å²) in [7, 11) is 0. The molecule has 0 unspecified atom stereocenters. The molecular weight excluding hydrogens is 336 g/mol. The van der Waals surface area contributed by atoms with Gasteiger partial charge in [0.1, 0.15) is 0 Å². The third-order valence-corrected chi connectivity index (χ3v) is 7.53. The van der Waals surface area contributed by atoms with Crippen LogP contribution in [-0.2, 0) is 0 Å². The zero-order valence-electron chi connectivity index (χ0n) is 11.8. The van der Waals surface area contributed by atoms with Crippen molar-refractivity contribution < 1.29 is 0 Å². The van der Waals surface area contributed by atoms with Crippen molar-refractivity contribution >= 4 is 67.6 Å². The van der Waals surface area contributed by atoms with Gasteiger partial charge in [-0.15, -0.1) is 34.9 Å². The van der Waals surface area contributed by atoms with Crippen molar-refractivity contribution in [3.05, 3.63) is 33.4 Å². The minimum atomic E-state index is 0.921. The van der Waals surface area contributed by atoms with Crippen LogP contribution < -0.4 is 0 Å². The molecule has 0 saturated heterocycles. The average molecular weight is 351 g/mol. The summed E-state index contributed by atoms with van der Waals surface area (Å²) in [5.74, 6) is 0. The van der Waals surface area contributed by atoms with Gasteiger partial charge in [0.25, 0.3) is 0 Å². The van der Waals surface area contributed by atoms with Gasteiger partial charge in [-0.2, -0.15) is 0 Å². The van der Waals surface area contributed by atoms with Crippen LogP contribution in [0.2, 0.25) is 0 Å². The Hall–Kier alpha value is -0.560. The molecule has 0 radical (unpaired) electrons. The van der Waals surface area contributed by atoms with E-state index < -0.39 is 0 Å². The predicted molar refractivity (Wildman–Crippen MR) is 101 cm³/mol. The second kappa shape index (κ2) is 5.57. The first-order valence-corrected chi connectivity index (χ1v) is 10.8. The van der Waals surface area contributed by atoms with E-state index >= 15 is 0 Å². The zero-order valence-corrected chi connectivity index (χ0v) is 15.0. The molecule has 0 saturated carbocycles. The van der Waals surface area contributed by atoms with E-state index in [4.69, 9.17) is 0 Å². The number of thioether (sulfide) groups is 3. The molecule has 0 fully saturated rings. The predicted octanol–water partition coefficient (Wildman–Crippen LogP) is 5.03. The van der Waals surface area contributed by atoms with E-state index in [0.29, 0.717) is 0 Å². The second-order valence-corrected chi connectivity index (χ2v) is 8.62. The molecule has 2 aliphatic heterocycles. The summed E-state index contributed by atoms with van der Waals surface area (Å²) in [6.07, 6.45) is 4.32. The van der Waals surface area contributed by atoms with Crippen molar-refractivity contribution in [2.45, 2.75) is 4.90 Å². The highest BCUT2D eigenvalue weighted by Crippen LogP contribution is 2.47. The largest absolute Gasteiger partial charge is 0.317 e. The molecule has 0 amide bonds. The molecule has 2 nitrogen and oxygen atoms in total. The number of aliphatic imine (C=N–C) groups is 1. The molecule has 0 atom stereocenters. The molecule has 2 aromatic rings. The van der Waals surface area contributed by atoms with Crippen LogP contribution in [0.5, 0.6) is 0 Å². The van der Waals surface area contributed by atoms with E-state index in [-0.39, 0.29) is 0 Å². The molecule has 0 bridgehead atoms. The summed E-state index contributed by atoms with van der Waals surface area (Å²) >= 11 is 7.31. The fraction of sp³-hybridized carbons (Fsp3) is 0.267. The molecule has 0 spiro atoms. The minimum Gasteiger partial charge on any atom is -0.317 e. The van der Waals surface area contributed by atoms with Gasteiger partial charge in [0, 0.05) is 27.1 Å². The maximum Gasteiger partial charge on any atom is 0.169 e. The molecule has 0 N–H and O–H groups in total. The van der Waals surface area contributed by atoms with Crippen molar-refractivity contribution in [1.29, 1.82) is 0 Å². The highest BCUT2D eigenvalue weighted by atomic mass is 32.2. The molecule has 21 heavy (non-hydrogen) atoms. The van der Waals surface area contributed by atoms with Gasteiger partial charge in [0.15, 0.2) is 5.17 Å². The van der Waals surface area contributed by atoms with E-state index in [1.54, 1.807) is 0 Å². The zero-order chi connectivity index (χ0) is 14.4. The van der Waals surface area contributed by atoms with Crippen LogP contribution in [0.1, 0.15) is 5.56 Å². The Kier molecular flexibility index (Phi) is 3.73. The van der Waals surface area contributed by atoms with Gasteiger partial charge < -0.3 is 4.90 Å². The van der Waals surface area contributed by atoms with Gasteiger partial charge in [0.05, 0.1) is 16.5 Å². The maximum atomic E-state index is 4.61. The number of amidine groups is 1. The fourth-order valence-electron chi connectivity index (χ4n) is 2.72. The molecule has 2 aliphatic rings. The smallest absolute Gasteiger partial charge is 0.169 e. The van der Waals surface area contributed by atoms with Crippen LogP contribution in [0.3, 0.4) is 0 Å². The molecule has 1 aromatic heterocycles. The summed E-state index contributed by atoms with van der Waals surface area (Å²) in [5.41, 5.74) is 2.69. The van der Waals surface area contributed by atoms with E-state index in [1.807, 2.05) is 46.6 Å².